The molecule has 218 valence electrons. The van der Waals surface area contributed by atoms with E-state index >= 15 is 0 Å². The number of nitrogens with zero attached hydrogens (tertiary/aromatic N) is 1. The van der Waals surface area contributed by atoms with Gasteiger partial charge in [-0.2, -0.15) is 0 Å². The van der Waals surface area contributed by atoms with E-state index in [-0.39, 0.29) is 29.1 Å². The molecule has 12 heteroatoms. The van der Waals surface area contributed by atoms with Crippen LogP contribution in [0.4, 0.5) is 4.79 Å². The summed E-state index contributed by atoms with van der Waals surface area (Å²) < 4.78 is 0. The van der Waals surface area contributed by atoms with Crippen molar-refractivity contribution in [2.45, 2.75) is 91.9 Å². The first kappa shape index (κ1) is 30.4. The van der Waals surface area contributed by atoms with Crippen molar-refractivity contribution in [3.05, 3.63) is 0 Å². The molecule has 0 aromatic rings. The lowest BCUT2D eigenvalue weighted by Crippen LogP contribution is -2.62. The smallest absolute Gasteiger partial charge is 0.326 e. The van der Waals surface area contributed by atoms with Gasteiger partial charge in [0.25, 0.3) is 5.91 Å². The van der Waals surface area contributed by atoms with E-state index in [1.807, 2.05) is 20.8 Å². The molecule has 0 spiro atoms. The average molecular weight is 550 g/mol. The molecule has 5 amide bonds. The Morgan fingerprint density at radius 1 is 1.05 bits per heavy atom. The lowest BCUT2D eigenvalue weighted by Gasteiger charge is -2.38. The number of primary amides is 1. The number of hydrogen-bond acceptors (Lipinski definition) is 6. The zero-order valence-corrected chi connectivity index (χ0v) is 23.9. The van der Waals surface area contributed by atoms with E-state index in [2.05, 4.69) is 16.0 Å². The highest BCUT2D eigenvalue weighted by Gasteiger charge is 2.70. The Morgan fingerprint density at radius 3 is 2.10 bits per heavy atom. The monoisotopic (exact) mass is 549 g/mol. The van der Waals surface area contributed by atoms with E-state index in [4.69, 9.17) is 5.73 Å². The molecule has 2 saturated carbocycles. The van der Waals surface area contributed by atoms with Crippen molar-refractivity contribution in [1.29, 1.82) is 0 Å². The number of fused-ring (bicyclic) bond motifs is 1. The zero-order valence-electron chi connectivity index (χ0n) is 23.9. The van der Waals surface area contributed by atoms with Crippen molar-refractivity contribution in [1.82, 2.24) is 20.9 Å². The molecule has 3 rings (SSSR count). The summed E-state index contributed by atoms with van der Waals surface area (Å²) >= 11 is 0. The number of Topliss-reactive ketones (excluding diaryl/α,β-unsaturated/α-hetero) is 1. The van der Waals surface area contributed by atoms with Crippen LogP contribution in [0, 0.1) is 34.5 Å². The number of nitrogens with two attached hydrogens (primary N) is 1. The fourth-order valence-electron chi connectivity index (χ4n) is 5.84. The van der Waals surface area contributed by atoms with Crippen LogP contribution in [0.5, 0.6) is 0 Å². The van der Waals surface area contributed by atoms with Crippen LogP contribution in [0.25, 0.3) is 0 Å². The van der Waals surface area contributed by atoms with Crippen LogP contribution in [0.3, 0.4) is 0 Å². The normalized spacial score (nSPS) is 26.3. The molecule has 1 aliphatic heterocycles. The van der Waals surface area contributed by atoms with E-state index in [1.54, 1.807) is 27.7 Å². The first-order valence-corrected chi connectivity index (χ1v) is 13.7. The van der Waals surface area contributed by atoms with Crippen LogP contribution in [0.2, 0.25) is 0 Å². The van der Waals surface area contributed by atoms with Gasteiger partial charge in [-0.1, -0.05) is 54.9 Å². The lowest BCUT2D eigenvalue weighted by molar-refractivity contribution is -0.145. The van der Waals surface area contributed by atoms with Crippen molar-refractivity contribution >= 4 is 35.5 Å². The Bertz CT molecular complexity index is 1050. The highest BCUT2D eigenvalue weighted by molar-refractivity contribution is 6.38. The molecule has 2 aliphatic carbocycles. The van der Waals surface area contributed by atoms with Crippen molar-refractivity contribution < 1.29 is 33.9 Å². The second kappa shape index (κ2) is 10.8. The SMILES string of the molecule is CC[C@H](C)[C@H](NC(=O)N[C@H](C(=O)N1C[C@H]2[C@@H]([C@H]1C(=O)NC(C(=O)C(N)=O)C1CC1)C2(C)C)C(C)(C)C)C(=O)O. The van der Waals surface area contributed by atoms with Crippen LogP contribution in [0.1, 0.15) is 67.7 Å². The predicted molar refractivity (Wildman–Crippen MR) is 141 cm³/mol. The lowest BCUT2D eigenvalue weighted by atomic mass is 9.85. The van der Waals surface area contributed by atoms with Gasteiger partial charge in [0.15, 0.2) is 0 Å². The van der Waals surface area contributed by atoms with Crippen LogP contribution >= 0.6 is 0 Å². The average Bonchev–Trinajstić information content (AvgIpc) is 3.70. The van der Waals surface area contributed by atoms with Gasteiger partial charge < -0.3 is 31.7 Å². The second-order valence-electron chi connectivity index (χ2n) is 13.1. The number of rotatable bonds is 11. The molecule has 6 N–H and O–H groups in total. The number of likely N-dealkylation sites (tertiary alicyclic amines) is 1. The van der Waals surface area contributed by atoms with E-state index in [9.17, 15) is 33.9 Å². The molecule has 0 aromatic heterocycles. The Hall–Kier alpha value is -3.18. The summed E-state index contributed by atoms with van der Waals surface area (Å²) in [6.45, 7) is 13.2. The molecule has 1 unspecified atom stereocenters. The molecule has 3 fully saturated rings. The van der Waals surface area contributed by atoms with E-state index in [1.165, 1.54) is 4.90 Å². The number of urea groups is 1. The largest absolute Gasteiger partial charge is 0.480 e. The van der Waals surface area contributed by atoms with E-state index in [0.29, 0.717) is 25.8 Å². The van der Waals surface area contributed by atoms with Gasteiger partial charge in [-0.05, 0) is 47.3 Å². The van der Waals surface area contributed by atoms with Crippen LogP contribution in [0.15, 0.2) is 0 Å². The zero-order chi connectivity index (χ0) is 29.6. The van der Waals surface area contributed by atoms with Gasteiger partial charge in [-0.15, -0.1) is 0 Å². The molecule has 39 heavy (non-hydrogen) atoms. The minimum atomic E-state index is -1.17. The van der Waals surface area contributed by atoms with Gasteiger partial charge in [-0.3, -0.25) is 19.2 Å². The molecule has 1 saturated heterocycles. The van der Waals surface area contributed by atoms with Crippen LogP contribution < -0.4 is 21.7 Å². The molecule has 1 heterocycles. The maximum Gasteiger partial charge on any atom is 0.326 e. The number of amides is 5. The maximum absolute atomic E-state index is 13.9. The van der Waals surface area contributed by atoms with Crippen molar-refractivity contribution in [2.75, 3.05) is 6.54 Å². The Labute approximate surface area is 229 Å². The van der Waals surface area contributed by atoms with Gasteiger partial charge in [0, 0.05) is 6.54 Å². The minimum absolute atomic E-state index is 0.0552. The third-order valence-electron chi connectivity index (χ3n) is 8.83. The third kappa shape index (κ3) is 6.19. The Morgan fingerprint density at radius 2 is 1.64 bits per heavy atom. The number of carboxylic acid groups (broad SMARTS) is 1. The predicted octanol–water partition coefficient (Wildman–Crippen LogP) is 0.632. The summed E-state index contributed by atoms with van der Waals surface area (Å²) in [5, 5.41) is 17.4. The number of carbonyl (C=O) groups is 6. The molecule has 12 nitrogen and oxygen atoms in total. The minimum Gasteiger partial charge on any atom is -0.480 e. The second-order valence-corrected chi connectivity index (χ2v) is 13.1. The van der Waals surface area contributed by atoms with E-state index in [0.717, 1.165) is 0 Å². The molecule has 0 aromatic carbocycles. The van der Waals surface area contributed by atoms with Gasteiger partial charge >= 0.3 is 12.0 Å². The summed E-state index contributed by atoms with van der Waals surface area (Å²) in [5.74, 6) is -4.73. The fraction of sp³-hybridized carbons (Fsp3) is 0.778. The van der Waals surface area contributed by atoms with Crippen LogP contribution in [-0.2, 0) is 24.0 Å². The van der Waals surface area contributed by atoms with Gasteiger partial charge in [0.05, 0.1) is 0 Å². The highest BCUT2D eigenvalue weighted by atomic mass is 16.4. The number of ketones is 1. The summed E-state index contributed by atoms with van der Waals surface area (Å²) in [5.41, 5.74) is 4.24. The summed E-state index contributed by atoms with van der Waals surface area (Å²) in [6.07, 6.45) is 1.91. The van der Waals surface area contributed by atoms with Gasteiger partial charge in [0.2, 0.25) is 17.6 Å². The first-order valence-electron chi connectivity index (χ1n) is 13.7. The van der Waals surface area contributed by atoms with Crippen molar-refractivity contribution in [3.8, 4) is 0 Å². The van der Waals surface area contributed by atoms with Crippen molar-refractivity contribution in [3.63, 3.8) is 0 Å². The maximum atomic E-state index is 13.9. The highest BCUT2D eigenvalue weighted by Crippen LogP contribution is 2.65. The molecular weight excluding hydrogens is 506 g/mol. The van der Waals surface area contributed by atoms with E-state index < -0.39 is 65.1 Å². The third-order valence-corrected chi connectivity index (χ3v) is 8.83. The molecule has 0 radical (unpaired) electrons. The topological polar surface area (TPSA) is 188 Å². The summed E-state index contributed by atoms with van der Waals surface area (Å²) in [6, 6.07) is -4.90. The van der Waals surface area contributed by atoms with Crippen LogP contribution in [-0.4, -0.2) is 76.2 Å². The number of carboxylic acids is 1. The Kier molecular flexibility index (Phi) is 8.38. The Balaban J connectivity index is 1.82. The van der Waals surface area contributed by atoms with Gasteiger partial charge in [0.1, 0.15) is 24.2 Å². The fourth-order valence-corrected chi connectivity index (χ4v) is 5.84. The summed E-state index contributed by atoms with van der Waals surface area (Å²) in [4.78, 5) is 77.6. The van der Waals surface area contributed by atoms with Crippen molar-refractivity contribution in [2.24, 2.45) is 40.2 Å². The molecule has 3 aliphatic rings. The summed E-state index contributed by atoms with van der Waals surface area (Å²) in [7, 11) is 0. The number of nitrogens with one attached hydrogen (secondary N) is 3. The molecular formula is C27H43N5O7. The number of aliphatic carboxylic acids is 1. The van der Waals surface area contributed by atoms with Gasteiger partial charge in [-0.25, -0.2) is 9.59 Å². The number of piperidine rings is 1. The standard InChI is InChI=1S/C27H43N5O7/c1-8-12(2)16(24(37)38)30-25(39)31-20(26(3,4)5)23(36)32-11-14-15(27(14,6)7)18(32)22(35)29-17(13-9-10-13)19(33)21(28)34/h12-18,20H,8-11H2,1-7H3,(H2,28,34)(H,29,35)(H,37,38)(H2,30,31,39)/t12-,14-,15-,16-,17?,18-,20+/m0/s1. The molecule has 7 atom stereocenters. The number of hydrogen-bond donors (Lipinski definition) is 5. The number of carbonyl (C=O) groups excluding carboxylic acids is 5. The first-order chi connectivity index (χ1) is 17.9. The quantitative estimate of drug-likeness (QED) is 0.234. The molecule has 0 bridgehead atoms.